The fraction of sp³-hybridized carbons (Fsp3) is 0.750. The Labute approximate surface area is 66.5 Å². The molecule has 0 fully saturated rings. The van der Waals surface area contributed by atoms with E-state index in [0.717, 1.165) is 6.42 Å². The molecule has 11 heavy (non-hydrogen) atoms. The lowest BCUT2D eigenvalue weighted by molar-refractivity contribution is -0.118. The van der Waals surface area contributed by atoms with Crippen molar-refractivity contribution in [2.45, 2.75) is 33.6 Å². The van der Waals surface area contributed by atoms with Crippen LogP contribution in [0.5, 0.6) is 0 Å². The van der Waals surface area contributed by atoms with Gasteiger partial charge in [-0.1, -0.05) is 20.8 Å². The molecule has 0 spiro atoms. The fourth-order valence-corrected chi connectivity index (χ4v) is 0.589. The molecule has 0 aliphatic heterocycles. The number of carbonyl (C=O) groups is 1. The average Bonchev–Trinajstić information content (AvgIpc) is 1.83. The summed E-state index contributed by atoms with van der Waals surface area (Å²) < 4.78 is 0. The SMILES string of the molecule is CC(C)(C)CCC(=O)N=C=O. The third-order valence-corrected chi connectivity index (χ3v) is 1.26. The van der Waals surface area contributed by atoms with Gasteiger partial charge in [0.2, 0.25) is 6.08 Å². The first-order valence-electron chi connectivity index (χ1n) is 3.56. The van der Waals surface area contributed by atoms with Crippen LogP contribution in [0.3, 0.4) is 0 Å². The lowest BCUT2D eigenvalue weighted by Gasteiger charge is -2.15. The van der Waals surface area contributed by atoms with E-state index in [-0.39, 0.29) is 11.3 Å². The summed E-state index contributed by atoms with van der Waals surface area (Å²) in [7, 11) is 0. The molecule has 62 valence electrons. The van der Waals surface area contributed by atoms with Crippen molar-refractivity contribution in [2.24, 2.45) is 10.4 Å². The highest BCUT2D eigenvalue weighted by molar-refractivity contribution is 5.81. The predicted molar refractivity (Wildman–Crippen MR) is 41.8 cm³/mol. The molecule has 0 aromatic rings. The highest BCUT2D eigenvalue weighted by atomic mass is 16.2. The summed E-state index contributed by atoms with van der Waals surface area (Å²) >= 11 is 0. The summed E-state index contributed by atoms with van der Waals surface area (Å²) in [5.74, 6) is -0.380. The highest BCUT2D eigenvalue weighted by Gasteiger charge is 2.11. The van der Waals surface area contributed by atoms with Gasteiger partial charge in [0.15, 0.2) is 0 Å². The van der Waals surface area contributed by atoms with Crippen molar-refractivity contribution in [2.75, 3.05) is 0 Å². The van der Waals surface area contributed by atoms with E-state index >= 15 is 0 Å². The molecule has 0 unspecified atom stereocenters. The molecule has 0 bridgehead atoms. The van der Waals surface area contributed by atoms with Crippen molar-refractivity contribution in [3.63, 3.8) is 0 Å². The van der Waals surface area contributed by atoms with E-state index in [1.807, 2.05) is 20.8 Å². The van der Waals surface area contributed by atoms with Crippen molar-refractivity contribution >= 4 is 12.0 Å². The van der Waals surface area contributed by atoms with E-state index in [2.05, 4.69) is 4.99 Å². The van der Waals surface area contributed by atoms with Crippen LogP contribution >= 0.6 is 0 Å². The standard InChI is InChI=1S/C8H13NO2/c1-8(2,3)5-4-7(11)9-6-10/h4-5H2,1-3H3. The van der Waals surface area contributed by atoms with E-state index in [4.69, 9.17) is 0 Å². The lowest BCUT2D eigenvalue weighted by atomic mass is 9.90. The number of hydrogen-bond acceptors (Lipinski definition) is 2. The molecule has 0 heterocycles. The van der Waals surface area contributed by atoms with Gasteiger partial charge in [0, 0.05) is 6.42 Å². The Morgan fingerprint density at radius 3 is 2.36 bits per heavy atom. The van der Waals surface area contributed by atoms with E-state index in [1.165, 1.54) is 6.08 Å². The minimum atomic E-state index is -0.380. The molecule has 0 aliphatic rings. The summed E-state index contributed by atoms with van der Waals surface area (Å²) in [6.07, 6.45) is 2.31. The maximum Gasteiger partial charge on any atom is 0.256 e. The van der Waals surface area contributed by atoms with E-state index in [0.29, 0.717) is 6.42 Å². The molecular weight excluding hydrogens is 142 g/mol. The average molecular weight is 155 g/mol. The Balaban J connectivity index is 3.72. The van der Waals surface area contributed by atoms with Crippen LogP contribution in [0.4, 0.5) is 0 Å². The number of isocyanates is 1. The first-order chi connectivity index (χ1) is 4.95. The Morgan fingerprint density at radius 1 is 1.45 bits per heavy atom. The zero-order chi connectivity index (χ0) is 8.91. The van der Waals surface area contributed by atoms with Gasteiger partial charge in [-0.05, 0) is 11.8 Å². The first-order valence-corrected chi connectivity index (χ1v) is 3.56. The molecule has 3 heteroatoms. The second-order valence-electron chi connectivity index (χ2n) is 3.66. The summed E-state index contributed by atoms with van der Waals surface area (Å²) in [6.45, 7) is 6.10. The van der Waals surface area contributed by atoms with Gasteiger partial charge < -0.3 is 0 Å². The van der Waals surface area contributed by atoms with Gasteiger partial charge in [0.1, 0.15) is 0 Å². The van der Waals surface area contributed by atoms with Gasteiger partial charge in [-0.3, -0.25) is 4.79 Å². The van der Waals surface area contributed by atoms with Crippen LogP contribution in [0.1, 0.15) is 33.6 Å². The predicted octanol–water partition coefficient (Wildman–Crippen LogP) is 1.68. The van der Waals surface area contributed by atoms with E-state index in [1.54, 1.807) is 0 Å². The Morgan fingerprint density at radius 2 is 2.00 bits per heavy atom. The molecule has 0 atom stereocenters. The van der Waals surface area contributed by atoms with Crippen LogP contribution in [-0.2, 0) is 9.59 Å². The van der Waals surface area contributed by atoms with Crippen molar-refractivity contribution < 1.29 is 9.59 Å². The molecule has 0 saturated heterocycles. The molecule has 0 N–H and O–H groups in total. The Bertz CT molecular complexity index is 185. The fourth-order valence-electron chi connectivity index (χ4n) is 0.589. The van der Waals surface area contributed by atoms with Crippen LogP contribution in [0, 0.1) is 5.41 Å². The number of amides is 1. The summed E-state index contributed by atoms with van der Waals surface area (Å²) in [5, 5.41) is 0. The van der Waals surface area contributed by atoms with Crippen LogP contribution in [0.2, 0.25) is 0 Å². The molecule has 0 saturated carbocycles. The number of hydrogen-bond donors (Lipinski definition) is 0. The summed E-state index contributed by atoms with van der Waals surface area (Å²) in [5.41, 5.74) is 0.119. The largest absolute Gasteiger partial charge is 0.272 e. The maximum absolute atomic E-state index is 10.7. The van der Waals surface area contributed by atoms with Crippen molar-refractivity contribution in [3.8, 4) is 0 Å². The maximum atomic E-state index is 10.7. The van der Waals surface area contributed by atoms with Gasteiger partial charge in [0.05, 0.1) is 0 Å². The minimum absolute atomic E-state index is 0.119. The van der Waals surface area contributed by atoms with Crippen LogP contribution in [0.15, 0.2) is 4.99 Å². The summed E-state index contributed by atoms with van der Waals surface area (Å²) in [4.78, 5) is 23.3. The molecular formula is C8H13NO2. The van der Waals surface area contributed by atoms with E-state index in [9.17, 15) is 9.59 Å². The first kappa shape index (κ1) is 10.0. The second kappa shape index (κ2) is 4.04. The number of nitrogens with zero attached hydrogens (tertiary/aromatic N) is 1. The smallest absolute Gasteiger partial charge is 0.256 e. The van der Waals surface area contributed by atoms with E-state index < -0.39 is 0 Å². The molecule has 0 radical (unpaired) electrons. The zero-order valence-corrected chi connectivity index (χ0v) is 7.18. The van der Waals surface area contributed by atoms with Gasteiger partial charge in [0.25, 0.3) is 5.91 Å². The normalized spacial score (nSPS) is 10.5. The van der Waals surface area contributed by atoms with Gasteiger partial charge in [-0.25, -0.2) is 4.79 Å². The van der Waals surface area contributed by atoms with Crippen molar-refractivity contribution in [3.05, 3.63) is 0 Å². The second-order valence-corrected chi connectivity index (χ2v) is 3.66. The van der Waals surface area contributed by atoms with Gasteiger partial charge in [-0.15, -0.1) is 4.99 Å². The van der Waals surface area contributed by atoms with Crippen molar-refractivity contribution in [1.29, 1.82) is 0 Å². The van der Waals surface area contributed by atoms with Crippen LogP contribution in [0.25, 0.3) is 0 Å². The quantitative estimate of drug-likeness (QED) is 0.450. The Kier molecular flexibility index (Phi) is 3.69. The lowest BCUT2D eigenvalue weighted by Crippen LogP contribution is -2.07. The topological polar surface area (TPSA) is 46.5 Å². The monoisotopic (exact) mass is 155 g/mol. The minimum Gasteiger partial charge on any atom is -0.272 e. The molecule has 0 rings (SSSR count). The molecule has 3 nitrogen and oxygen atoms in total. The number of aliphatic imine (C=N–C) groups is 1. The summed E-state index contributed by atoms with van der Waals surface area (Å²) in [6, 6.07) is 0. The van der Waals surface area contributed by atoms with Gasteiger partial charge >= 0.3 is 0 Å². The third kappa shape index (κ3) is 6.94. The van der Waals surface area contributed by atoms with Crippen LogP contribution in [-0.4, -0.2) is 12.0 Å². The number of rotatable bonds is 2. The number of carbonyl (C=O) groups excluding carboxylic acids is 2. The van der Waals surface area contributed by atoms with Gasteiger partial charge in [-0.2, -0.15) is 0 Å². The highest BCUT2D eigenvalue weighted by Crippen LogP contribution is 2.20. The molecule has 0 aromatic carbocycles. The van der Waals surface area contributed by atoms with Crippen LogP contribution < -0.4 is 0 Å². The van der Waals surface area contributed by atoms with Crippen molar-refractivity contribution in [1.82, 2.24) is 0 Å². The third-order valence-electron chi connectivity index (χ3n) is 1.26. The Hall–Kier alpha value is -0.950. The molecule has 1 amide bonds. The zero-order valence-electron chi connectivity index (χ0n) is 7.18. The molecule has 0 aromatic heterocycles. The molecule has 0 aliphatic carbocycles.